The highest BCUT2D eigenvalue weighted by atomic mass is 16.4. The molecule has 0 saturated carbocycles. The second kappa shape index (κ2) is 2.65. The summed E-state index contributed by atoms with van der Waals surface area (Å²) in [5.41, 5.74) is 11.2. The molecule has 64 valence electrons. The van der Waals surface area contributed by atoms with Gasteiger partial charge in [0.05, 0.1) is 0 Å². The monoisotopic (exact) mass is 168 g/mol. The van der Waals surface area contributed by atoms with Crippen LogP contribution in [0, 0.1) is 6.92 Å². The minimum atomic E-state index is -1.24. The minimum Gasteiger partial charge on any atom is -0.475 e. The molecule has 0 bridgehead atoms. The van der Waals surface area contributed by atoms with E-state index in [9.17, 15) is 4.79 Å². The lowest BCUT2D eigenvalue weighted by Gasteiger charge is -2.02. The number of aromatic nitrogens is 2. The van der Waals surface area contributed by atoms with Gasteiger partial charge in [-0.3, -0.25) is 0 Å². The molecule has 0 fully saturated rings. The van der Waals surface area contributed by atoms with E-state index in [1.165, 1.54) is 0 Å². The third-order valence-corrected chi connectivity index (χ3v) is 1.41. The van der Waals surface area contributed by atoms with Gasteiger partial charge in [0.1, 0.15) is 11.6 Å². The molecule has 6 nitrogen and oxygen atoms in total. The van der Waals surface area contributed by atoms with Crippen molar-refractivity contribution in [2.45, 2.75) is 6.92 Å². The second-order valence-electron chi connectivity index (χ2n) is 2.25. The van der Waals surface area contributed by atoms with Crippen molar-refractivity contribution in [3.8, 4) is 0 Å². The number of carbonyl (C=O) groups is 1. The third-order valence-electron chi connectivity index (χ3n) is 1.41. The van der Waals surface area contributed by atoms with E-state index in [1.54, 1.807) is 6.92 Å². The molecule has 1 aromatic heterocycles. The summed E-state index contributed by atoms with van der Waals surface area (Å²) in [7, 11) is 0. The van der Waals surface area contributed by atoms with Crippen molar-refractivity contribution in [2.24, 2.45) is 0 Å². The van der Waals surface area contributed by atoms with Crippen LogP contribution in [0.4, 0.5) is 11.6 Å². The molecule has 0 atom stereocenters. The molecule has 1 aromatic rings. The fraction of sp³-hybridized carbons (Fsp3) is 0.167. The number of aromatic carboxylic acids is 1. The van der Waals surface area contributed by atoms with Crippen molar-refractivity contribution in [3.63, 3.8) is 0 Å². The summed E-state index contributed by atoms with van der Waals surface area (Å²) in [6.07, 6.45) is 0. The van der Waals surface area contributed by atoms with Crippen molar-refractivity contribution in [3.05, 3.63) is 11.4 Å². The van der Waals surface area contributed by atoms with Crippen LogP contribution in [0.25, 0.3) is 0 Å². The molecular weight excluding hydrogens is 160 g/mol. The summed E-state index contributed by atoms with van der Waals surface area (Å²) < 4.78 is 0. The molecule has 1 heterocycles. The van der Waals surface area contributed by atoms with Crippen LogP contribution in [0.3, 0.4) is 0 Å². The van der Waals surface area contributed by atoms with E-state index in [0.29, 0.717) is 5.56 Å². The van der Waals surface area contributed by atoms with Crippen LogP contribution >= 0.6 is 0 Å². The molecule has 0 saturated heterocycles. The zero-order valence-corrected chi connectivity index (χ0v) is 6.40. The van der Waals surface area contributed by atoms with Crippen molar-refractivity contribution < 1.29 is 9.90 Å². The Kier molecular flexibility index (Phi) is 1.82. The smallest absolute Gasteiger partial charge is 0.374 e. The molecule has 0 aliphatic rings. The Balaban J connectivity index is 3.31. The lowest BCUT2D eigenvalue weighted by molar-refractivity contribution is 0.0684. The Morgan fingerprint density at radius 2 is 1.75 bits per heavy atom. The van der Waals surface area contributed by atoms with Crippen LogP contribution in [0.15, 0.2) is 0 Å². The molecule has 0 unspecified atom stereocenters. The lowest BCUT2D eigenvalue weighted by Crippen LogP contribution is -2.10. The summed E-state index contributed by atoms with van der Waals surface area (Å²) >= 11 is 0. The van der Waals surface area contributed by atoms with Gasteiger partial charge in [-0.05, 0) is 6.92 Å². The van der Waals surface area contributed by atoms with Crippen molar-refractivity contribution >= 4 is 17.6 Å². The van der Waals surface area contributed by atoms with Gasteiger partial charge >= 0.3 is 5.97 Å². The van der Waals surface area contributed by atoms with Gasteiger partial charge in [-0.1, -0.05) is 0 Å². The fourth-order valence-corrected chi connectivity index (χ4v) is 0.648. The van der Waals surface area contributed by atoms with Gasteiger partial charge in [-0.2, -0.15) is 0 Å². The van der Waals surface area contributed by atoms with Crippen LogP contribution in [0.5, 0.6) is 0 Å². The number of nitrogens with two attached hydrogens (primary N) is 2. The normalized spacial score (nSPS) is 9.75. The van der Waals surface area contributed by atoms with E-state index < -0.39 is 5.97 Å². The predicted octanol–water partition coefficient (Wildman–Crippen LogP) is -0.352. The van der Waals surface area contributed by atoms with Crippen molar-refractivity contribution in [2.75, 3.05) is 11.5 Å². The summed E-state index contributed by atoms with van der Waals surface area (Å²) in [6.45, 7) is 1.62. The number of carboxylic acid groups (broad SMARTS) is 1. The number of nitrogen functional groups attached to an aromatic ring is 2. The van der Waals surface area contributed by atoms with Crippen molar-refractivity contribution in [1.82, 2.24) is 9.97 Å². The molecule has 0 aliphatic heterocycles. The van der Waals surface area contributed by atoms with E-state index in [2.05, 4.69) is 9.97 Å². The maximum absolute atomic E-state index is 10.4. The lowest BCUT2D eigenvalue weighted by atomic mass is 10.3. The van der Waals surface area contributed by atoms with Crippen molar-refractivity contribution in [1.29, 1.82) is 0 Å². The number of nitrogens with zero attached hydrogens (tertiary/aromatic N) is 2. The molecule has 0 radical (unpaired) electrons. The highest BCUT2D eigenvalue weighted by Gasteiger charge is 2.10. The predicted molar refractivity (Wildman–Crippen MR) is 42.6 cm³/mol. The molecule has 0 spiro atoms. The summed E-state index contributed by atoms with van der Waals surface area (Å²) in [4.78, 5) is 17.4. The molecule has 6 heteroatoms. The van der Waals surface area contributed by atoms with E-state index >= 15 is 0 Å². The summed E-state index contributed by atoms with van der Waals surface area (Å²) in [5.74, 6) is -1.43. The number of hydrogen-bond donors (Lipinski definition) is 3. The summed E-state index contributed by atoms with van der Waals surface area (Å²) in [6, 6.07) is 0. The first-order valence-corrected chi connectivity index (χ1v) is 3.15. The largest absolute Gasteiger partial charge is 0.475 e. The van der Waals surface area contributed by atoms with Crippen LogP contribution in [0.1, 0.15) is 16.2 Å². The first-order chi connectivity index (χ1) is 5.52. The number of hydrogen-bond acceptors (Lipinski definition) is 5. The zero-order valence-electron chi connectivity index (χ0n) is 6.40. The van der Waals surface area contributed by atoms with Crippen LogP contribution in [-0.2, 0) is 0 Å². The van der Waals surface area contributed by atoms with Gasteiger partial charge in [0.15, 0.2) is 0 Å². The molecule has 0 aliphatic carbocycles. The van der Waals surface area contributed by atoms with Gasteiger partial charge in [0.25, 0.3) is 0 Å². The Morgan fingerprint density at radius 1 is 1.33 bits per heavy atom. The Hall–Kier alpha value is -1.85. The maximum Gasteiger partial charge on any atom is 0.374 e. The van der Waals surface area contributed by atoms with Crippen LogP contribution < -0.4 is 11.5 Å². The highest BCUT2D eigenvalue weighted by Crippen LogP contribution is 2.13. The average Bonchev–Trinajstić information content (AvgIpc) is 1.99. The second-order valence-corrected chi connectivity index (χ2v) is 2.25. The zero-order chi connectivity index (χ0) is 9.30. The Labute approximate surface area is 68.2 Å². The minimum absolute atomic E-state index is 0.0971. The number of carboxylic acids is 1. The fourth-order valence-electron chi connectivity index (χ4n) is 0.648. The first-order valence-electron chi connectivity index (χ1n) is 3.15. The highest BCUT2D eigenvalue weighted by molar-refractivity contribution is 5.84. The molecular formula is C6H8N4O2. The quantitative estimate of drug-likeness (QED) is 0.527. The maximum atomic E-state index is 10.4. The molecule has 0 aromatic carbocycles. The van der Waals surface area contributed by atoms with Gasteiger partial charge < -0.3 is 16.6 Å². The first kappa shape index (κ1) is 8.25. The third kappa shape index (κ3) is 1.26. The van der Waals surface area contributed by atoms with Gasteiger partial charge in [-0.25, -0.2) is 14.8 Å². The molecule has 1 rings (SSSR count). The number of anilines is 2. The van der Waals surface area contributed by atoms with E-state index in [1.807, 2.05) is 0 Å². The SMILES string of the molecule is Cc1c(N)nc(C(=O)O)nc1N. The van der Waals surface area contributed by atoms with Gasteiger partial charge in [-0.15, -0.1) is 0 Å². The molecule has 5 N–H and O–H groups in total. The Bertz CT molecular complexity index is 313. The van der Waals surface area contributed by atoms with Gasteiger partial charge in [0, 0.05) is 5.56 Å². The molecule has 12 heavy (non-hydrogen) atoms. The molecule has 0 amide bonds. The average molecular weight is 168 g/mol. The number of rotatable bonds is 1. The van der Waals surface area contributed by atoms with Gasteiger partial charge in [0.2, 0.25) is 5.82 Å². The standard InChI is InChI=1S/C6H8N4O2/c1-2-3(7)9-5(6(11)12)10-4(2)8/h1H3,(H,11,12)(H4,7,8,9,10). The Morgan fingerprint density at radius 3 is 2.08 bits per heavy atom. The van der Waals surface area contributed by atoms with Crippen LogP contribution in [0.2, 0.25) is 0 Å². The van der Waals surface area contributed by atoms with E-state index in [0.717, 1.165) is 0 Å². The van der Waals surface area contributed by atoms with E-state index in [-0.39, 0.29) is 17.5 Å². The van der Waals surface area contributed by atoms with Crippen LogP contribution in [-0.4, -0.2) is 21.0 Å². The topological polar surface area (TPSA) is 115 Å². The van der Waals surface area contributed by atoms with E-state index in [4.69, 9.17) is 16.6 Å². The summed E-state index contributed by atoms with van der Waals surface area (Å²) in [5, 5.41) is 8.49.